The van der Waals surface area contributed by atoms with Crippen molar-refractivity contribution in [3.8, 4) is 61.6 Å². The van der Waals surface area contributed by atoms with Crippen LogP contribution in [0.15, 0.2) is 364 Å². The molecule has 0 amide bonds. The van der Waals surface area contributed by atoms with E-state index in [-0.39, 0.29) is 6.71 Å². The maximum Gasteiger partial charge on any atom is 0.252 e. The Morgan fingerprint density at radius 2 is 0.567 bits per heavy atom. The maximum atomic E-state index is 2.72. The summed E-state index contributed by atoms with van der Waals surface area (Å²) in [6.07, 6.45) is 0. The first kappa shape index (κ1) is 57.1. The van der Waals surface area contributed by atoms with E-state index in [2.05, 4.69) is 387 Å². The molecule has 0 aliphatic carbocycles. The molecule has 21 aromatic rings. The molecule has 0 unspecified atom stereocenters. The lowest BCUT2D eigenvalue weighted by Gasteiger charge is -2.46. The van der Waals surface area contributed by atoms with E-state index < -0.39 is 0 Å². The van der Waals surface area contributed by atoms with Crippen LogP contribution in [0.4, 0.5) is 34.1 Å². The second-order valence-electron chi connectivity index (χ2n) is 28.2. The first-order valence-corrected chi connectivity index (χ1v) is 36.1. The number of benzene rings is 18. The number of para-hydroxylation sites is 6. The normalized spacial score (nSPS) is 12.8. The number of hydrogen-bond acceptors (Lipinski definition) is 2. The van der Waals surface area contributed by atoms with Gasteiger partial charge < -0.3 is 23.5 Å². The average molecular weight is 1320 g/mol. The molecule has 104 heavy (non-hydrogen) atoms. The van der Waals surface area contributed by atoms with Crippen molar-refractivity contribution in [3.63, 3.8) is 0 Å². The Kier molecular flexibility index (Phi) is 12.0. The van der Waals surface area contributed by atoms with Gasteiger partial charge in [0.1, 0.15) is 0 Å². The second-order valence-corrected chi connectivity index (χ2v) is 28.2. The summed E-state index contributed by atoms with van der Waals surface area (Å²) in [4.78, 5) is 5.41. The number of aromatic nitrogens is 3. The molecule has 3 aromatic heterocycles. The second kappa shape index (κ2) is 21.9. The van der Waals surface area contributed by atoms with Crippen molar-refractivity contribution in [1.29, 1.82) is 0 Å². The highest BCUT2D eigenvalue weighted by Gasteiger charge is 2.46. The van der Waals surface area contributed by atoms with E-state index in [9.17, 15) is 0 Å². The van der Waals surface area contributed by atoms with E-state index in [0.29, 0.717) is 0 Å². The van der Waals surface area contributed by atoms with Gasteiger partial charge in [-0.05, 0) is 155 Å². The van der Waals surface area contributed by atoms with Crippen LogP contribution < -0.4 is 26.2 Å². The maximum absolute atomic E-state index is 2.72. The summed E-state index contributed by atoms with van der Waals surface area (Å²) in [5.74, 6) is 0. The molecule has 0 N–H and O–H groups in total. The van der Waals surface area contributed by atoms with Gasteiger partial charge in [0.25, 0.3) is 6.71 Å². The van der Waals surface area contributed by atoms with E-state index in [1.54, 1.807) is 0 Å². The third-order valence-electron chi connectivity index (χ3n) is 22.9. The van der Waals surface area contributed by atoms with E-state index >= 15 is 0 Å². The summed E-state index contributed by atoms with van der Waals surface area (Å²) in [5.41, 5.74) is 29.5. The fraction of sp³-hybridized carbons (Fsp3) is 0. The molecule has 18 aromatic carbocycles. The topological polar surface area (TPSA) is 21.3 Å². The van der Waals surface area contributed by atoms with Crippen LogP contribution in [0.3, 0.4) is 0 Å². The summed E-state index contributed by atoms with van der Waals surface area (Å²) >= 11 is 0. The summed E-state index contributed by atoms with van der Waals surface area (Å²) in [6, 6.07) is 137. The SMILES string of the molecule is c1ccc(-c2cc3c4c(c2)N(c2c(-c5ccccc5)cccc2-n2c5ccc6cccc7c8cccc9ccc2c(c98)c5c67)c2cc(-n5c6ccccc6c6ccccc65)ccc2B4c2ccc(-n4c5ccccc5c5ccccc54)cc2N3c2c(-c3ccccc3)cccc2-c2ccccc2)cc1. The molecule has 0 saturated carbocycles. The van der Waals surface area contributed by atoms with Gasteiger partial charge in [0.05, 0.1) is 50.2 Å². The Bertz CT molecular complexity index is 6840. The monoisotopic (exact) mass is 1320 g/mol. The summed E-state index contributed by atoms with van der Waals surface area (Å²) < 4.78 is 7.62. The van der Waals surface area contributed by atoms with Crippen molar-refractivity contribution in [2.75, 3.05) is 9.80 Å². The predicted octanol–water partition coefficient (Wildman–Crippen LogP) is 24.1. The molecular weight excluding hydrogens is 1260 g/mol. The smallest absolute Gasteiger partial charge is 0.252 e. The van der Waals surface area contributed by atoms with Crippen LogP contribution in [0.2, 0.25) is 0 Å². The molecule has 0 spiro atoms. The van der Waals surface area contributed by atoms with Gasteiger partial charge >= 0.3 is 0 Å². The Hall–Kier alpha value is -13.7. The van der Waals surface area contributed by atoms with Crippen LogP contribution in [0.5, 0.6) is 0 Å². The number of anilines is 6. The molecule has 5 nitrogen and oxygen atoms in total. The number of hydrogen-bond donors (Lipinski definition) is 0. The highest BCUT2D eigenvalue weighted by Crippen LogP contribution is 2.56. The van der Waals surface area contributed by atoms with Crippen molar-refractivity contribution in [2.45, 2.75) is 0 Å². The number of nitrogens with zero attached hydrogens (tertiary/aromatic N) is 5. The van der Waals surface area contributed by atoms with E-state index in [1.165, 1.54) is 92.1 Å². The third kappa shape index (κ3) is 7.99. The Balaban J connectivity index is 0.905. The molecule has 480 valence electrons. The van der Waals surface area contributed by atoms with Crippen molar-refractivity contribution in [1.82, 2.24) is 13.7 Å². The average Bonchev–Trinajstić information content (AvgIpc) is 1.35. The first-order valence-electron chi connectivity index (χ1n) is 36.1. The van der Waals surface area contributed by atoms with Gasteiger partial charge in [0, 0.05) is 83.1 Å². The molecule has 6 heteroatoms. The minimum atomic E-state index is -0.268. The summed E-state index contributed by atoms with van der Waals surface area (Å²) in [6.45, 7) is -0.268. The molecule has 5 heterocycles. The van der Waals surface area contributed by atoms with Gasteiger partial charge in [0.15, 0.2) is 0 Å². The van der Waals surface area contributed by atoms with Crippen LogP contribution in [0, 0.1) is 0 Å². The molecule has 0 bridgehead atoms. The zero-order valence-electron chi connectivity index (χ0n) is 56.5. The van der Waals surface area contributed by atoms with Crippen LogP contribution in [0.1, 0.15) is 0 Å². The summed E-state index contributed by atoms with van der Waals surface area (Å²) in [5, 5.41) is 15.1. The lowest BCUT2D eigenvalue weighted by molar-refractivity contribution is 1.14. The van der Waals surface area contributed by atoms with Gasteiger partial charge in [-0.15, -0.1) is 0 Å². The Morgan fingerprint density at radius 1 is 0.202 bits per heavy atom. The fourth-order valence-electron chi connectivity index (χ4n) is 18.7. The molecule has 0 saturated heterocycles. The lowest BCUT2D eigenvalue weighted by atomic mass is 9.33. The molecule has 0 fully saturated rings. The van der Waals surface area contributed by atoms with Crippen LogP contribution >= 0.6 is 0 Å². The van der Waals surface area contributed by atoms with Gasteiger partial charge in [-0.25, -0.2) is 0 Å². The quantitative estimate of drug-likeness (QED) is 0.0816. The highest BCUT2D eigenvalue weighted by atomic mass is 15.2. The molecule has 0 radical (unpaired) electrons. The third-order valence-corrected chi connectivity index (χ3v) is 22.9. The Morgan fingerprint density at radius 3 is 1.01 bits per heavy atom. The van der Waals surface area contributed by atoms with Crippen molar-refractivity contribution in [2.24, 2.45) is 0 Å². The zero-order valence-corrected chi connectivity index (χ0v) is 56.5. The van der Waals surface area contributed by atoms with Crippen molar-refractivity contribution >= 4 is 155 Å². The van der Waals surface area contributed by atoms with E-state index in [4.69, 9.17) is 0 Å². The Labute approximate surface area is 600 Å². The van der Waals surface area contributed by atoms with Gasteiger partial charge in [-0.2, -0.15) is 0 Å². The molecule has 0 atom stereocenters. The largest absolute Gasteiger partial charge is 0.310 e. The predicted molar refractivity (Wildman–Crippen MR) is 440 cm³/mol. The van der Waals surface area contributed by atoms with E-state index in [0.717, 1.165) is 118 Å². The van der Waals surface area contributed by atoms with Gasteiger partial charge in [0.2, 0.25) is 0 Å². The number of rotatable bonds is 9. The minimum Gasteiger partial charge on any atom is -0.310 e. The molecule has 23 rings (SSSR count). The van der Waals surface area contributed by atoms with Crippen molar-refractivity contribution < 1.29 is 0 Å². The molecule has 2 aliphatic heterocycles. The standard InChI is InChI=1S/C98H60BN5/c1-5-25-61(26-6-1)67-57-90-96-91(58-67)104(98-72(64-31-11-4-12-32-64)41-24-48-87(98)102-85-55-49-65-33-21-42-77-78-43-22-34-66-50-56-86(102)95(93(66)78)94(85)92(65)77)89-60-69(101-83-46-19-15-37-75(83)76-38-16-20-47-84(76)101)52-54-80(89)99(96)79-53-51-68(100-81-44-17-13-35-73(81)74-36-14-18-45-82(74)100)59-88(79)103(90)97-70(62-27-7-2-8-28-62)39-23-40-71(97)63-29-9-3-10-30-63/h1-60H. The zero-order chi connectivity index (χ0) is 67.8. The number of fused-ring (bicyclic) bond motifs is 11. The van der Waals surface area contributed by atoms with Crippen molar-refractivity contribution in [3.05, 3.63) is 364 Å². The van der Waals surface area contributed by atoms with Crippen LogP contribution in [-0.2, 0) is 0 Å². The molecular formula is C98H60BN5. The summed E-state index contributed by atoms with van der Waals surface area (Å²) in [7, 11) is 0. The lowest BCUT2D eigenvalue weighted by Crippen LogP contribution is -2.61. The highest BCUT2D eigenvalue weighted by molar-refractivity contribution is 7.00. The van der Waals surface area contributed by atoms with E-state index in [1.807, 2.05) is 0 Å². The fourth-order valence-corrected chi connectivity index (χ4v) is 18.7. The first-order chi connectivity index (χ1) is 51.7. The van der Waals surface area contributed by atoms with Crippen LogP contribution in [0.25, 0.3) is 159 Å². The molecule has 2 aliphatic rings. The van der Waals surface area contributed by atoms with Crippen LogP contribution in [-0.4, -0.2) is 20.4 Å². The minimum absolute atomic E-state index is 0.268. The van der Waals surface area contributed by atoms with Gasteiger partial charge in [-0.3, -0.25) is 0 Å². The van der Waals surface area contributed by atoms with Gasteiger partial charge in [-0.1, -0.05) is 285 Å².